The molecule has 1 amide bonds. The Morgan fingerprint density at radius 1 is 1.12 bits per heavy atom. The quantitative estimate of drug-likeness (QED) is 0.753. The van der Waals surface area contributed by atoms with Crippen LogP contribution < -0.4 is 5.32 Å². The molecule has 0 aliphatic carbocycles. The van der Waals surface area contributed by atoms with Crippen molar-refractivity contribution >= 4 is 35.0 Å². The van der Waals surface area contributed by atoms with Crippen molar-refractivity contribution in [2.75, 3.05) is 0 Å². The van der Waals surface area contributed by atoms with Gasteiger partial charge in [-0.1, -0.05) is 12.1 Å². The van der Waals surface area contributed by atoms with Crippen LogP contribution in [0.15, 0.2) is 41.3 Å². The first kappa shape index (κ1) is 18.3. The van der Waals surface area contributed by atoms with Crippen LogP contribution in [0.5, 0.6) is 0 Å². The Morgan fingerprint density at radius 3 is 2.21 bits per heavy atom. The molecule has 2 rings (SSSR count). The second-order valence-corrected chi connectivity index (χ2v) is 7.00. The van der Waals surface area contributed by atoms with Crippen LogP contribution in [0.3, 0.4) is 0 Å². The van der Waals surface area contributed by atoms with Gasteiger partial charge in [-0.05, 0) is 48.5 Å². The molecule has 1 unspecified atom stereocenters. The van der Waals surface area contributed by atoms with E-state index in [4.69, 9.17) is 5.11 Å². The van der Waals surface area contributed by atoms with Gasteiger partial charge in [0.2, 0.25) is 0 Å². The zero-order valence-electron chi connectivity index (χ0n) is 12.3. The van der Waals surface area contributed by atoms with Gasteiger partial charge >= 0.3 is 11.5 Å². The molecule has 0 bridgehead atoms. The average Bonchev–Trinajstić information content (AvgIpc) is 2.96. The fraction of sp³-hybridized carbons (Fsp3) is 0.200. The Hall–Kier alpha value is -2.00. The lowest BCUT2D eigenvalue weighted by atomic mass is 10.1. The van der Waals surface area contributed by atoms with Crippen molar-refractivity contribution in [2.45, 2.75) is 23.4 Å². The molecule has 2 aromatic rings. The predicted molar refractivity (Wildman–Crippen MR) is 85.5 cm³/mol. The highest BCUT2D eigenvalue weighted by molar-refractivity contribution is 8.00. The molecule has 0 radical (unpaired) electrons. The molecule has 0 fully saturated rings. The minimum atomic E-state index is -4.34. The molecule has 4 nitrogen and oxygen atoms in total. The zero-order valence-corrected chi connectivity index (χ0v) is 13.9. The van der Waals surface area contributed by atoms with Crippen LogP contribution in [-0.4, -0.2) is 22.5 Å². The Balaban J connectivity index is 2.02. The van der Waals surface area contributed by atoms with Gasteiger partial charge in [-0.15, -0.1) is 11.3 Å². The van der Waals surface area contributed by atoms with Gasteiger partial charge in [-0.3, -0.25) is 4.79 Å². The number of thiophene rings is 1. The number of aromatic carboxylic acids is 1. The van der Waals surface area contributed by atoms with Crippen molar-refractivity contribution in [2.24, 2.45) is 0 Å². The van der Waals surface area contributed by atoms with E-state index in [1.165, 1.54) is 36.4 Å². The number of nitrogens with one attached hydrogen (secondary N) is 1. The molecule has 1 aromatic carbocycles. The fourth-order valence-corrected chi connectivity index (χ4v) is 3.17. The molecule has 1 heterocycles. The number of thioether (sulfide) groups is 1. The van der Waals surface area contributed by atoms with E-state index >= 15 is 0 Å². The number of carbonyl (C=O) groups excluding carboxylic acids is 1. The van der Waals surface area contributed by atoms with Crippen LogP contribution in [0.25, 0.3) is 0 Å². The van der Waals surface area contributed by atoms with Gasteiger partial charge < -0.3 is 10.4 Å². The van der Waals surface area contributed by atoms with E-state index in [-0.39, 0.29) is 26.4 Å². The summed E-state index contributed by atoms with van der Waals surface area (Å²) in [5, 5.41) is 11.5. The van der Waals surface area contributed by atoms with Crippen LogP contribution >= 0.6 is 23.1 Å². The van der Waals surface area contributed by atoms with Crippen molar-refractivity contribution in [3.8, 4) is 0 Å². The molecule has 128 valence electrons. The normalized spacial score (nSPS) is 12.7. The van der Waals surface area contributed by atoms with Gasteiger partial charge in [0.1, 0.15) is 4.88 Å². The summed E-state index contributed by atoms with van der Waals surface area (Å²) < 4.78 is 36.9. The second kappa shape index (κ2) is 7.27. The van der Waals surface area contributed by atoms with Gasteiger partial charge in [0.15, 0.2) is 0 Å². The summed E-state index contributed by atoms with van der Waals surface area (Å²) in [4.78, 5) is 23.3. The smallest absolute Gasteiger partial charge is 0.446 e. The van der Waals surface area contributed by atoms with Crippen molar-refractivity contribution in [1.29, 1.82) is 0 Å². The van der Waals surface area contributed by atoms with Crippen molar-refractivity contribution < 1.29 is 27.9 Å². The summed E-state index contributed by atoms with van der Waals surface area (Å²) >= 11 is 0.651. The Morgan fingerprint density at radius 2 is 1.71 bits per heavy atom. The molecule has 0 spiro atoms. The van der Waals surface area contributed by atoms with Crippen molar-refractivity contribution in [1.82, 2.24) is 5.32 Å². The van der Waals surface area contributed by atoms with E-state index in [9.17, 15) is 22.8 Å². The van der Waals surface area contributed by atoms with E-state index in [0.29, 0.717) is 5.56 Å². The maximum absolute atomic E-state index is 12.3. The summed E-state index contributed by atoms with van der Waals surface area (Å²) in [6, 6.07) is 8.02. The SMILES string of the molecule is CC(NC(=O)c1ccc(C(=O)O)s1)c1ccc(SC(F)(F)F)cc1. The Kier molecular flexibility index (Phi) is 5.55. The van der Waals surface area contributed by atoms with Crippen molar-refractivity contribution in [3.05, 3.63) is 51.7 Å². The van der Waals surface area contributed by atoms with Crippen LogP contribution in [0.4, 0.5) is 13.2 Å². The molecule has 24 heavy (non-hydrogen) atoms. The third-order valence-electron chi connectivity index (χ3n) is 3.00. The molecular formula is C15H12F3NO3S2. The number of carbonyl (C=O) groups is 2. The van der Waals surface area contributed by atoms with Crippen LogP contribution in [0, 0.1) is 0 Å². The number of hydrogen-bond donors (Lipinski definition) is 2. The molecule has 1 atom stereocenters. The first-order valence-corrected chi connectivity index (χ1v) is 8.29. The first-order chi connectivity index (χ1) is 11.2. The lowest BCUT2D eigenvalue weighted by Gasteiger charge is -2.14. The molecular weight excluding hydrogens is 363 g/mol. The number of rotatable bonds is 5. The number of amides is 1. The lowest BCUT2D eigenvalue weighted by molar-refractivity contribution is -0.0328. The van der Waals surface area contributed by atoms with Gasteiger partial charge in [-0.25, -0.2) is 4.79 Å². The molecule has 9 heteroatoms. The van der Waals surface area contributed by atoms with Crippen LogP contribution in [0.1, 0.15) is 37.9 Å². The van der Waals surface area contributed by atoms with Crippen LogP contribution in [0.2, 0.25) is 0 Å². The highest BCUT2D eigenvalue weighted by Crippen LogP contribution is 2.37. The molecule has 0 aliphatic rings. The van der Waals surface area contributed by atoms with E-state index in [1.807, 2.05) is 0 Å². The largest absolute Gasteiger partial charge is 0.477 e. The number of halogens is 3. The minimum absolute atomic E-state index is 0.0568. The monoisotopic (exact) mass is 375 g/mol. The molecule has 0 aliphatic heterocycles. The van der Waals surface area contributed by atoms with Gasteiger partial charge in [0.05, 0.1) is 10.9 Å². The average molecular weight is 375 g/mol. The van der Waals surface area contributed by atoms with E-state index < -0.39 is 23.4 Å². The second-order valence-electron chi connectivity index (χ2n) is 4.78. The molecule has 1 aromatic heterocycles. The van der Waals surface area contributed by atoms with Crippen molar-refractivity contribution in [3.63, 3.8) is 0 Å². The highest BCUT2D eigenvalue weighted by atomic mass is 32.2. The number of carboxylic acid groups (broad SMARTS) is 1. The topological polar surface area (TPSA) is 66.4 Å². The number of hydrogen-bond acceptors (Lipinski definition) is 4. The van der Waals surface area contributed by atoms with Crippen LogP contribution in [-0.2, 0) is 0 Å². The highest BCUT2D eigenvalue weighted by Gasteiger charge is 2.29. The first-order valence-electron chi connectivity index (χ1n) is 6.65. The maximum atomic E-state index is 12.3. The zero-order chi connectivity index (χ0) is 17.9. The number of benzene rings is 1. The predicted octanol–water partition coefficient (Wildman–Crippen LogP) is 4.55. The molecule has 0 saturated carbocycles. The maximum Gasteiger partial charge on any atom is 0.446 e. The van der Waals surface area contributed by atoms with E-state index in [2.05, 4.69) is 5.32 Å². The van der Waals surface area contributed by atoms with Gasteiger partial charge in [-0.2, -0.15) is 13.2 Å². The molecule has 0 saturated heterocycles. The van der Waals surface area contributed by atoms with Gasteiger partial charge in [0, 0.05) is 4.90 Å². The molecule has 2 N–H and O–H groups in total. The number of alkyl halides is 3. The summed E-state index contributed by atoms with van der Waals surface area (Å²) in [7, 11) is 0. The third-order valence-corrected chi connectivity index (χ3v) is 4.81. The number of carboxylic acids is 1. The minimum Gasteiger partial charge on any atom is -0.477 e. The third kappa shape index (κ3) is 5.00. The fourth-order valence-electron chi connectivity index (χ4n) is 1.88. The van der Waals surface area contributed by atoms with Gasteiger partial charge in [0.25, 0.3) is 5.91 Å². The van der Waals surface area contributed by atoms with E-state index in [1.54, 1.807) is 6.92 Å². The Bertz CT molecular complexity index is 741. The summed E-state index contributed by atoms with van der Waals surface area (Å²) in [5.41, 5.74) is -3.70. The summed E-state index contributed by atoms with van der Waals surface area (Å²) in [6.45, 7) is 1.69. The summed E-state index contributed by atoms with van der Waals surface area (Å²) in [6.07, 6.45) is 0. The standard InChI is InChI=1S/C15H12F3NO3S2/c1-8(9-2-4-10(5-3-9)24-15(16,17)18)19-13(20)11-6-7-12(23-11)14(21)22/h2-8H,1H3,(H,19,20)(H,21,22). The lowest BCUT2D eigenvalue weighted by Crippen LogP contribution is -2.25. The Labute approximate surface area is 143 Å². The van der Waals surface area contributed by atoms with E-state index in [0.717, 1.165) is 11.3 Å². The summed E-state index contributed by atoms with van der Waals surface area (Å²) in [5.74, 6) is -1.54.